The smallest absolute Gasteiger partial charge is 0.179 e. The van der Waals surface area contributed by atoms with Crippen LogP contribution in [0.2, 0.25) is 0 Å². The third-order valence-electron chi connectivity index (χ3n) is 3.24. The van der Waals surface area contributed by atoms with E-state index in [0.717, 1.165) is 31.6 Å². The molecule has 1 aromatic carbocycles. The third kappa shape index (κ3) is 3.44. The highest BCUT2D eigenvalue weighted by Gasteiger charge is 2.18. The van der Waals surface area contributed by atoms with Crippen molar-refractivity contribution in [3.63, 3.8) is 0 Å². The average Bonchev–Trinajstić information content (AvgIpc) is 2.41. The second-order valence-electron chi connectivity index (χ2n) is 4.56. The summed E-state index contributed by atoms with van der Waals surface area (Å²) in [5.74, 6) is 0.00573. The van der Waals surface area contributed by atoms with Crippen molar-refractivity contribution in [2.75, 3.05) is 24.3 Å². The van der Waals surface area contributed by atoms with E-state index in [4.69, 9.17) is 11.6 Å². The summed E-state index contributed by atoms with van der Waals surface area (Å²) in [5.41, 5.74) is 1.60. The fourth-order valence-electron chi connectivity index (χ4n) is 2.19. The molecule has 1 unspecified atom stereocenters. The number of nitrogens with one attached hydrogen (secondary N) is 1. The van der Waals surface area contributed by atoms with E-state index < -0.39 is 0 Å². The molecule has 3 nitrogen and oxygen atoms in total. The van der Waals surface area contributed by atoms with Crippen molar-refractivity contribution in [3.8, 4) is 0 Å². The Bertz CT molecular complexity index is 419. The Labute approximate surface area is 115 Å². The van der Waals surface area contributed by atoms with E-state index in [2.05, 4.69) is 19.4 Å². The van der Waals surface area contributed by atoms with Gasteiger partial charge in [0.2, 0.25) is 0 Å². The number of ketones is 1. The molecular formula is C13H18ClN2OP. The molecule has 1 atom stereocenters. The van der Waals surface area contributed by atoms with Crippen molar-refractivity contribution in [2.45, 2.75) is 18.9 Å². The van der Waals surface area contributed by atoms with Gasteiger partial charge in [-0.2, -0.15) is 0 Å². The Hall–Kier alpha value is -0.630. The van der Waals surface area contributed by atoms with Gasteiger partial charge in [0.25, 0.3) is 0 Å². The van der Waals surface area contributed by atoms with Crippen LogP contribution in [0.1, 0.15) is 23.2 Å². The molecule has 0 bridgehead atoms. The van der Waals surface area contributed by atoms with Crippen molar-refractivity contribution < 1.29 is 4.79 Å². The highest BCUT2D eigenvalue weighted by molar-refractivity contribution is 7.13. The van der Waals surface area contributed by atoms with E-state index in [1.165, 1.54) is 0 Å². The molecule has 0 aromatic heterocycles. The number of halogens is 1. The quantitative estimate of drug-likeness (QED) is 0.524. The lowest BCUT2D eigenvalue weighted by atomic mass is 10.0. The first-order chi connectivity index (χ1) is 8.70. The monoisotopic (exact) mass is 284 g/mol. The molecular weight excluding hydrogens is 267 g/mol. The van der Waals surface area contributed by atoms with Gasteiger partial charge in [0, 0.05) is 30.4 Å². The van der Waals surface area contributed by atoms with Crippen molar-refractivity contribution in [3.05, 3.63) is 29.8 Å². The number of carbonyl (C=O) groups is 1. The van der Waals surface area contributed by atoms with Crippen molar-refractivity contribution in [1.82, 2.24) is 4.67 Å². The van der Waals surface area contributed by atoms with Gasteiger partial charge < -0.3 is 5.32 Å². The van der Waals surface area contributed by atoms with Gasteiger partial charge in [0.05, 0.1) is 5.88 Å². The lowest BCUT2D eigenvalue weighted by molar-refractivity contribution is 0.102. The minimum absolute atomic E-state index is 0.0248. The van der Waals surface area contributed by atoms with Crippen LogP contribution in [-0.4, -0.2) is 35.5 Å². The summed E-state index contributed by atoms with van der Waals surface area (Å²) < 4.78 is 2.24. The SMILES string of the molecule is O=C(CCl)c1ccccc1NC1CCN(P)CC1. The predicted molar refractivity (Wildman–Crippen MR) is 79.4 cm³/mol. The molecule has 0 aliphatic carbocycles. The Balaban J connectivity index is 2.07. The van der Waals surface area contributed by atoms with E-state index in [9.17, 15) is 4.79 Å². The van der Waals surface area contributed by atoms with Gasteiger partial charge in [-0.1, -0.05) is 21.5 Å². The normalized spacial score (nSPS) is 17.7. The van der Waals surface area contributed by atoms with Crippen LogP contribution in [-0.2, 0) is 0 Å². The molecule has 18 heavy (non-hydrogen) atoms. The van der Waals surface area contributed by atoms with Gasteiger partial charge in [0.1, 0.15) is 0 Å². The zero-order valence-corrected chi connectivity index (χ0v) is 12.1. The van der Waals surface area contributed by atoms with Crippen molar-refractivity contribution in [2.24, 2.45) is 0 Å². The maximum atomic E-state index is 11.7. The molecule has 1 fully saturated rings. The molecule has 1 heterocycles. The zero-order chi connectivity index (χ0) is 13.0. The van der Waals surface area contributed by atoms with Gasteiger partial charge in [-0.3, -0.25) is 9.46 Å². The average molecular weight is 285 g/mol. The molecule has 1 aliphatic heterocycles. The standard InChI is InChI=1S/C13H18ClN2OP/c14-9-13(17)11-3-1-2-4-12(11)15-10-5-7-16(18)8-6-10/h1-4,10,15H,5-9,18H2. The highest BCUT2D eigenvalue weighted by Crippen LogP contribution is 2.22. The van der Waals surface area contributed by atoms with E-state index in [-0.39, 0.29) is 11.7 Å². The first-order valence-corrected chi connectivity index (χ1v) is 7.20. The summed E-state index contributed by atoms with van der Waals surface area (Å²) in [6, 6.07) is 8.03. The fourth-order valence-corrected chi connectivity index (χ4v) is 2.63. The van der Waals surface area contributed by atoms with E-state index >= 15 is 0 Å². The molecule has 2 rings (SSSR count). The number of Topliss-reactive ketones (excluding diaryl/α,β-unsaturated/α-hetero) is 1. The highest BCUT2D eigenvalue weighted by atomic mass is 35.5. The van der Waals surface area contributed by atoms with E-state index in [1.54, 1.807) is 0 Å². The number of nitrogens with zero attached hydrogens (tertiary/aromatic N) is 1. The Kier molecular flexibility index (Phi) is 4.99. The molecule has 0 saturated carbocycles. The van der Waals surface area contributed by atoms with E-state index in [1.807, 2.05) is 24.3 Å². The summed E-state index contributed by atoms with van der Waals surface area (Å²) in [6.07, 6.45) is 2.18. The van der Waals surface area contributed by atoms with Crippen molar-refractivity contribution in [1.29, 1.82) is 0 Å². The van der Waals surface area contributed by atoms with Crippen LogP contribution in [0.25, 0.3) is 0 Å². The first kappa shape index (κ1) is 13.8. The minimum atomic E-state index is -0.0248. The lowest BCUT2D eigenvalue weighted by Gasteiger charge is -2.30. The molecule has 1 aromatic rings. The first-order valence-electron chi connectivity index (χ1n) is 6.15. The zero-order valence-electron chi connectivity index (χ0n) is 10.2. The Morgan fingerprint density at radius 3 is 2.72 bits per heavy atom. The topological polar surface area (TPSA) is 32.3 Å². The summed E-state index contributed by atoms with van der Waals surface area (Å²) >= 11 is 5.63. The molecule has 98 valence electrons. The Morgan fingerprint density at radius 1 is 1.39 bits per heavy atom. The number of para-hydroxylation sites is 1. The van der Waals surface area contributed by atoms with Crippen LogP contribution >= 0.6 is 21.0 Å². The van der Waals surface area contributed by atoms with Gasteiger partial charge in [-0.25, -0.2) is 0 Å². The summed E-state index contributed by atoms with van der Waals surface area (Å²) in [6.45, 7) is 2.13. The number of hydrogen-bond acceptors (Lipinski definition) is 3. The number of piperidine rings is 1. The maximum Gasteiger partial charge on any atom is 0.179 e. The van der Waals surface area contributed by atoms with Crippen LogP contribution in [0.3, 0.4) is 0 Å². The molecule has 0 radical (unpaired) electrons. The molecule has 0 amide bonds. The molecule has 5 heteroatoms. The van der Waals surface area contributed by atoms with Crippen LogP contribution in [0, 0.1) is 0 Å². The lowest BCUT2D eigenvalue weighted by Crippen LogP contribution is -2.34. The van der Waals surface area contributed by atoms with Crippen LogP contribution in [0.5, 0.6) is 0 Å². The van der Waals surface area contributed by atoms with Crippen LogP contribution in [0.15, 0.2) is 24.3 Å². The maximum absolute atomic E-state index is 11.7. The minimum Gasteiger partial charge on any atom is -0.382 e. The Morgan fingerprint density at radius 2 is 2.06 bits per heavy atom. The molecule has 0 spiro atoms. The number of alkyl halides is 1. The molecule has 1 saturated heterocycles. The second-order valence-corrected chi connectivity index (χ2v) is 5.55. The molecule has 1 N–H and O–H groups in total. The van der Waals surface area contributed by atoms with E-state index in [0.29, 0.717) is 11.6 Å². The predicted octanol–water partition coefficient (Wildman–Crippen LogP) is 2.77. The van der Waals surface area contributed by atoms with Gasteiger partial charge in [0.15, 0.2) is 5.78 Å². The van der Waals surface area contributed by atoms with Crippen molar-refractivity contribution >= 4 is 32.5 Å². The van der Waals surface area contributed by atoms with Gasteiger partial charge in [-0.15, -0.1) is 11.6 Å². The van der Waals surface area contributed by atoms with Crippen LogP contribution in [0.4, 0.5) is 5.69 Å². The number of carbonyl (C=O) groups excluding carboxylic acids is 1. The summed E-state index contributed by atoms with van der Waals surface area (Å²) in [7, 11) is 2.74. The molecule has 1 aliphatic rings. The number of benzene rings is 1. The van der Waals surface area contributed by atoms with Crippen LogP contribution < -0.4 is 5.32 Å². The van der Waals surface area contributed by atoms with Gasteiger partial charge in [-0.05, 0) is 25.0 Å². The second kappa shape index (κ2) is 6.51. The van der Waals surface area contributed by atoms with Gasteiger partial charge >= 0.3 is 0 Å². The third-order valence-corrected chi connectivity index (χ3v) is 4.00. The fraction of sp³-hybridized carbons (Fsp3) is 0.462. The largest absolute Gasteiger partial charge is 0.382 e. The number of anilines is 1. The summed E-state index contributed by atoms with van der Waals surface area (Å²) in [5, 5.41) is 3.47. The number of rotatable bonds is 4. The number of hydrogen-bond donors (Lipinski definition) is 1. The summed E-state index contributed by atoms with van der Waals surface area (Å²) in [4.78, 5) is 11.7.